The van der Waals surface area contributed by atoms with Gasteiger partial charge in [-0.15, -0.1) is 0 Å². The van der Waals surface area contributed by atoms with Gasteiger partial charge in [0.1, 0.15) is 5.82 Å². The fourth-order valence-corrected chi connectivity index (χ4v) is 2.43. The molecule has 116 valence electrons. The number of nitrogens with one attached hydrogen (secondary N) is 2. The fraction of sp³-hybridized carbons (Fsp3) is 0.615. The van der Waals surface area contributed by atoms with Crippen LogP contribution in [-0.2, 0) is 24.4 Å². The van der Waals surface area contributed by atoms with E-state index in [9.17, 15) is 9.59 Å². The van der Waals surface area contributed by atoms with Crippen LogP contribution < -0.4 is 16.6 Å². The number of aromatic nitrogens is 4. The molecule has 8 heteroatoms. The third-order valence-electron chi connectivity index (χ3n) is 3.35. The summed E-state index contributed by atoms with van der Waals surface area (Å²) >= 11 is 0. The van der Waals surface area contributed by atoms with Crippen molar-refractivity contribution in [1.82, 2.24) is 24.4 Å². The number of imidazole rings is 1. The minimum Gasteiger partial charge on any atom is -0.385 e. The van der Waals surface area contributed by atoms with Crippen LogP contribution in [0.2, 0.25) is 0 Å². The number of rotatable bonds is 7. The van der Waals surface area contributed by atoms with E-state index in [0.717, 1.165) is 5.82 Å². The summed E-state index contributed by atoms with van der Waals surface area (Å²) in [4.78, 5) is 31.0. The van der Waals surface area contributed by atoms with Gasteiger partial charge in [-0.3, -0.25) is 14.3 Å². The van der Waals surface area contributed by atoms with Crippen LogP contribution in [0.1, 0.15) is 19.2 Å². The van der Waals surface area contributed by atoms with Crippen molar-refractivity contribution < 1.29 is 4.74 Å². The molecule has 2 rings (SSSR count). The molecule has 0 spiro atoms. The Morgan fingerprint density at radius 2 is 2.10 bits per heavy atom. The molecule has 0 fully saturated rings. The molecule has 0 aliphatic rings. The van der Waals surface area contributed by atoms with Gasteiger partial charge in [-0.1, -0.05) is 0 Å². The van der Waals surface area contributed by atoms with Crippen molar-refractivity contribution in [2.24, 2.45) is 0 Å². The highest BCUT2D eigenvalue weighted by Crippen LogP contribution is 2.11. The molecule has 0 aliphatic carbocycles. The molecular formula is C13H21N5O3. The highest BCUT2D eigenvalue weighted by Gasteiger charge is 2.16. The Kier molecular flexibility index (Phi) is 4.92. The Labute approximate surface area is 121 Å². The summed E-state index contributed by atoms with van der Waals surface area (Å²) in [5.74, 6) is 0.742. The first-order valence-corrected chi connectivity index (χ1v) is 6.99. The second-order valence-corrected chi connectivity index (χ2v) is 4.73. The van der Waals surface area contributed by atoms with E-state index in [2.05, 4.69) is 15.3 Å². The molecule has 2 N–H and O–H groups in total. The van der Waals surface area contributed by atoms with Gasteiger partial charge >= 0.3 is 5.69 Å². The van der Waals surface area contributed by atoms with Crippen molar-refractivity contribution >= 4 is 11.2 Å². The third-order valence-corrected chi connectivity index (χ3v) is 3.35. The average Bonchev–Trinajstić information content (AvgIpc) is 2.81. The Bertz CT molecular complexity index is 728. The van der Waals surface area contributed by atoms with Gasteiger partial charge in [-0.2, -0.15) is 0 Å². The van der Waals surface area contributed by atoms with Gasteiger partial charge in [-0.05, 0) is 20.4 Å². The molecule has 0 bridgehead atoms. The normalized spacial score (nSPS) is 11.4. The van der Waals surface area contributed by atoms with Gasteiger partial charge in [0, 0.05) is 26.8 Å². The Morgan fingerprint density at radius 3 is 2.71 bits per heavy atom. The minimum atomic E-state index is -0.430. The second kappa shape index (κ2) is 6.68. The summed E-state index contributed by atoms with van der Waals surface area (Å²) in [6, 6.07) is 0. The minimum absolute atomic E-state index is 0.394. The number of aromatic amines is 1. The zero-order chi connectivity index (χ0) is 15.4. The first-order valence-electron chi connectivity index (χ1n) is 6.99. The van der Waals surface area contributed by atoms with Crippen LogP contribution in [0.15, 0.2) is 9.59 Å². The molecule has 0 atom stereocenters. The number of fused-ring (bicyclic) bond motifs is 1. The van der Waals surface area contributed by atoms with Crippen LogP contribution in [0.4, 0.5) is 0 Å². The standard InChI is InChI=1S/C13H21N5O3/c1-4-17-9(8-14-2)15-11-10(17)12(19)16-13(20)18(11)6-5-7-21-3/h14H,4-8H2,1-3H3,(H,16,19,20). The number of methoxy groups -OCH3 is 1. The van der Waals surface area contributed by atoms with Crippen LogP contribution in [0, 0.1) is 0 Å². The number of hydrogen-bond acceptors (Lipinski definition) is 5. The van der Waals surface area contributed by atoms with E-state index in [-0.39, 0.29) is 0 Å². The van der Waals surface area contributed by atoms with Gasteiger partial charge in [-0.25, -0.2) is 9.78 Å². The summed E-state index contributed by atoms with van der Waals surface area (Å²) < 4.78 is 8.34. The molecule has 2 heterocycles. The lowest BCUT2D eigenvalue weighted by molar-refractivity contribution is 0.190. The lowest BCUT2D eigenvalue weighted by Crippen LogP contribution is -2.31. The topological polar surface area (TPSA) is 93.9 Å². The SMILES string of the molecule is CCn1c(CNC)nc2c1c(=O)[nH]c(=O)n2CCCOC. The van der Waals surface area contributed by atoms with Crippen molar-refractivity contribution in [2.45, 2.75) is 33.0 Å². The van der Waals surface area contributed by atoms with Crippen LogP contribution in [0.25, 0.3) is 11.2 Å². The summed E-state index contributed by atoms with van der Waals surface area (Å²) in [6.45, 7) is 4.10. The van der Waals surface area contributed by atoms with Crippen molar-refractivity contribution in [2.75, 3.05) is 20.8 Å². The fourth-order valence-electron chi connectivity index (χ4n) is 2.43. The molecule has 2 aromatic rings. The van der Waals surface area contributed by atoms with Crippen molar-refractivity contribution in [3.8, 4) is 0 Å². The Balaban J connectivity index is 2.63. The largest absolute Gasteiger partial charge is 0.385 e. The highest BCUT2D eigenvalue weighted by molar-refractivity contribution is 5.70. The molecule has 0 unspecified atom stereocenters. The van der Waals surface area contributed by atoms with Gasteiger partial charge in [0.2, 0.25) is 0 Å². The van der Waals surface area contributed by atoms with Gasteiger partial charge in [0.05, 0.1) is 6.54 Å². The van der Waals surface area contributed by atoms with E-state index in [1.54, 1.807) is 7.11 Å². The maximum Gasteiger partial charge on any atom is 0.330 e. The van der Waals surface area contributed by atoms with Gasteiger partial charge in [0.25, 0.3) is 5.56 Å². The monoisotopic (exact) mass is 295 g/mol. The Hall–Kier alpha value is -1.93. The van der Waals surface area contributed by atoms with Crippen LogP contribution in [-0.4, -0.2) is 39.9 Å². The van der Waals surface area contributed by atoms with Gasteiger partial charge in [0.15, 0.2) is 11.2 Å². The predicted octanol–water partition coefficient (Wildman–Crippen LogP) is -0.338. The molecule has 0 saturated heterocycles. The number of nitrogens with zero attached hydrogens (tertiary/aromatic N) is 3. The quantitative estimate of drug-likeness (QED) is 0.682. The van der Waals surface area contributed by atoms with E-state index in [1.807, 2.05) is 18.5 Å². The summed E-state index contributed by atoms with van der Waals surface area (Å²) in [5.41, 5.74) is 0.0572. The zero-order valence-corrected chi connectivity index (χ0v) is 12.6. The van der Waals surface area contributed by atoms with Crippen molar-refractivity contribution in [3.63, 3.8) is 0 Å². The summed E-state index contributed by atoms with van der Waals surface area (Å²) in [7, 11) is 3.43. The summed E-state index contributed by atoms with van der Waals surface area (Å²) in [6.07, 6.45) is 0.678. The van der Waals surface area contributed by atoms with Crippen LogP contribution >= 0.6 is 0 Å². The maximum absolute atomic E-state index is 12.1. The van der Waals surface area contributed by atoms with Crippen LogP contribution in [0.5, 0.6) is 0 Å². The third kappa shape index (κ3) is 2.91. The molecule has 0 aliphatic heterocycles. The second-order valence-electron chi connectivity index (χ2n) is 4.73. The van der Waals surface area contributed by atoms with E-state index < -0.39 is 11.2 Å². The first-order chi connectivity index (χ1) is 10.1. The van der Waals surface area contributed by atoms with Crippen LogP contribution in [0.3, 0.4) is 0 Å². The Morgan fingerprint density at radius 1 is 1.33 bits per heavy atom. The summed E-state index contributed by atoms with van der Waals surface area (Å²) in [5, 5.41) is 3.02. The first kappa shape index (κ1) is 15.5. The lowest BCUT2D eigenvalue weighted by atomic mass is 10.4. The lowest BCUT2D eigenvalue weighted by Gasteiger charge is -2.06. The molecule has 21 heavy (non-hydrogen) atoms. The molecule has 0 saturated carbocycles. The molecule has 0 radical (unpaired) electrons. The van der Waals surface area contributed by atoms with Crippen molar-refractivity contribution in [1.29, 1.82) is 0 Å². The highest BCUT2D eigenvalue weighted by atomic mass is 16.5. The van der Waals surface area contributed by atoms with Gasteiger partial charge < -0.3 is 14.6 Å². The average molecular weight is 295 g/mol. The number of hydrogen-bond donors (Lipinski definition) is 2. The number of ether oxygens (including phenoxy) is 1. The smallest absolute Gasteiger partial charge is 0.330 e. The van der Waals surface area contributed by atoms with E-state index in [1.165, 1.54) is 4.57 Å². The molecule has 0 aromatic carbocycles. The number of H-pyrrole nitrogens is 1. The van der Waals surface area contributed by atoms with E-state index in [0.29, 0.717) is 43.8 Å². The molecule has 2 aromatic heterocycles. The van der Waals surface area contributed by atoms with Crippen molar-refractivity contribution in [3.05, 3.63) is 26.7 Å². The molecule has 8 nitrogen and oxygen atoms in total. The maximum atomic E-state index is 12.1. The molecule has 0 amide bonds. The number of aryl methyl sites for hydroxylation is 2. The van der Waals surface area contributed by atoms with E-state index in [4.69, 9.17) is 4.74 Å². The molecular weight excluding hydrogens is 274 g/mol. The zero-order valence-electron chi connectivity index (χ0n) is 12.6. The predicted molar refractivity (Wildman–Crippen MR) is 79.5 cm³/mol. The van der Waals surface area contributed by atoms with E-state index >= 15 is 0 Å².